The summed E-state index contributed by atoms with van der Waals surface area (Å²) in [6.07, 6.45) is 3.69. The van der Waals surface area contributed by atoms with Crippen LogP contribution in [0.25, 0.3) is 0 Å². The van der Waals surface area contributed by atoms with Crippen molar-refractivity contribution >= 4 is 0 Å². The Kier molecular flexibility index (Phi) is 5.02. The van der Waals surface area contributed by atoms with Crippen LogP contribution in [0.4, 0.5) is 0 Å². The van der Waals surface area contributed by atoms with Crippen LogP contribution in [0.3, 0.4) is 0 Å². The third-order valence-corrected chi connectivity index (χ3v) is 3.66. The molecule has 1 aromatic rings. The first-order valence-electron chi connectivity index (χ1n) is 6.93. The van der Waals surface area contributed by atoms with E-state index in [9.17, 15) is 0 Å². The molecular formula is C15H24N2O. The van der Waals surface area contributed by atoms with Crippen molar-refractivity contribution in [2.75, 3.05) is 26.2 Å². The Morgan fingerprint density at radius 1 is 1.33 bits per heavy atom. The summed E-state index contributed by atoms with van der Waals surface area (Å²) in [6.45, 7) is 5.87. The van der Waals surface area contributed by atoms with Crippen LogP contribution < -0.4 is 10.5 Å². The maximum atomic E-state index is 5.79. The summed E-state index contributed by atoms with van der Waals surface area (Å²) in [5.74, 6) is 0.976. The SMILES string of the molecule is Cc1ccc(OCCC2CCCN2CCN)cc1. The van der Waals surface area contributed by atoms with Crippen molar-refractivity contribution in [2.24, 2.45) is 5.73 Å². The third-order valence-electron chi connectivity index (χ3n) is 3.66. The third kappa shape index (κ3) is 3.72. The molecule has 18 heavy (non-hydrogen) atoms. The molecule has 2 N–H and O–H groups in total. The fourth-order valence-corrected chi connectivity index (χ4v) is 2.63. The quantitative estimate of drug-likeness (QED) is 0.838. The van der Waals surface area contributed by atoms with Gasteiger partial charge in [-0.1, -0.05) is 17.7 Å². The van der Waals surface area contributed by atoms with Crippen molar-refractivity contribution in [1.82, 2.24) is 4.90 Å². The summed E-state index contributed by atoms with van der Waals surface area (Å²) in [6, 6.07) is 8.93. The van der Waals surface area contributed by atoms with Gasteiger partial charge in [0, 0.05) is 19.1 Å². The Labute approximate surface area is 110 Å². The Bertz CT molecular complexity index is 350. The molecule has 3 heteroatoms. The molecular weight excluding hydrogens is 224 g/mol. The van der Waals surface area contributed by atoms with Crippen LogP contribution in [0, 0.1) is 6.92 Å². The normalized spacial score (nSPS) is 20.2. The lowest BCUT2D eigenvalue weighted by Crippen LogP contribution is -2.34. The topological polar surface area (TPSA) is 38.5 Å². The van der Waals surface area contributed by atoms with Crippen LogP contribution in [-0.2, 0) is 0 Å². The lowest BCUT2D eigenvalue weighted by Gasteiger charge is -2.23. The van der Waals surface area contributed by atoms with Crippen molar-refractivity contribution in [3.05, 3.63) is 29.8 Å². The van der Waals surface area contributed by atoms with Crippen molar-refractivity contribution < 1.29 is 4.74 Å². The maximum Gasteiger partial charge on any atom is 0.119 e. The number of nitrogens with two attached hydrogens (primary N) is 1. The number of hydrogen-bond donors (Lipinski definition) is 1. The molecule has 1 aliphatic heterocycles. The minimum atomic E-state index is 0.666. The summed E-state index contributed by atoms with van der Waals surface area (Å²) in [5.41, 5.74) is 6.90. The molecule has 100 valence electrons. The van der Waals surface area contributed by atoms with Crippen LogP contribution in [0.2, 0.25) is 0 Å². The van der Waals surface area contributed by atoms with E-state index in [-0.39, 0.29) is 0 Å². The van der Waals surface area contributed by atoms with E-state index >= 15 is 0 Å². The van der Waals surface area contributed by atoms with E-state index in [2.05, 4.69) is 24.0 Å². The molecule has 1 fully saturated rings. The van der Waals surface area contributed by atoms with E-state index in [1.807, 2.05) is 12.1 Å². The van der Waals surface area contributed by atoms with Gasteiger partial charge in [-0.2, -0.15) is 0 Å². The number of aryl methyl sites for hydroxylation is 1. The fourth-order valence-electron chi connectivity index (χ4n) is 2.63. The summed E-state index contributed by atoms with van der Waals surface area (Å²) >= 11 is 0. The van der Waals surface area contributed by atoms with E-state index in [0.717, 1.165) is 31.9 Å². The molecule has 0 aromatic heterocycles. The zero-order valence-electron chi connectivity index (χ0n) is 11.3. The predicted molar refractivity (Wildman–Crippen MR) is 74.9 cm³/mol. The molecule has 1 aromatic carbocycles. The molecule has 1 aliphatic rings. The second-order valence-electron chi connectivity index (χ2n) is 5.07. The number of hydrogen-bond acceptors (Lipinski definition) is 3. The van der Waals surface area contributed by atoms with Gasteiger partial charge in [0.1, 0.15) is 5.75 Å². The van der Waals surface area contributed by atoms with Gasteiger partial charge in [0.25, 0.3) is 0 Å². The molecule has 0 amide bonds. The van der Waals surface area contributed by atoms with Crippen LogP contribution in [0.15, 0.2) is 24.3 Å². The Morgan fingerprint density at radius 2 is 2.11 bits per heavy atom. The average molecular weight is 248 g/mol. The smallest absolute Gasteiger partial charge is 0.119 e. The molecule has 1 saturated heterocycles. The monoisotopic (exact) mass is 248 g/mol. The Hall–Kier alpha value is -1.06. The van der Waals surface area contributed by atoms with Gasteiger partial charge in [0.05, 0.1) is 6.61 Å². The summed E-state index contributed by atoms with van der Waals surface area (Å²) in [5, 5.41) is 0. The second kappa shape index (κ2) is 6.76. The van der Waals surface area contributed by atoms with E-state index < -0.39 is 0 Å². The van der Waals surface area contributed by atoms with Crippen LogP contribution in [0.1, 0.15) is 24.8 Å². The number of benzene rings is 1. The summed E-state index contributed by atoms with van der Waals surface area (Å²) < 4.78 is 5.79. The van der Waals surface area contributed by atoms with Gasteiger partial charge < -0.3 is 10.5 Å². The molecule has 0 aliphatic carbocycles. The zero-order chi connectivity index (χ0) is 12.8. The second-order valence-corrected chi connectivity index (χ2v) is 5.07. The fraction of sp³-hybridized carbons (Fsp3) is 0.600. The van der Waals surface area contributed by atoms with Gasteiger partial charge in [-0.3, -0.25) is 4.90 Å². The number of ether oxygens (including phenoxy) is 1. The molecule has 0 spiro atoms. The molecule has 1 atom stereocenters. The molecule has 1 unspecified atom stereocenters. The Balaban J connectivity index is 1.73. The van der Waals surface area contributed by atoms with Crippen LogP contribution in [0.5, 0.6) is 5.75 Å². The van der Waals surface area contributed by atoms with Gasteiger partial charge in [-0.15, -0.1) is 0 Å². The van der Waals surface area contributed by atoms with Crippen LogP contribution in [-0.4, -0.2) is 37.2 Å². The van der Waals surface area contributed by atoms with Gasteiger partial charge >= 0.3 is 0 Å². The van der Waals surface area contributed by atoms with Gasteiger partial charge in [0.2, 0.25) is 0 Å². The van der Waals surface area contributed by atoms with Crippen molar-refractivity contribution in [2.45, 2.75) is 32.2 Å². The Morgan fingerprint density at radius 3 is 2.83 bits per heavy atom. The first-order chi connectivity index (χ1) is 8.79. The van der Waals surface area contributed by atoms with E-state index in [1.54, 1.807) is 0 Å². The number of likely N-dealkylation sites (tertiary alicyclic amines) is 1. The van der Waals surface area contributed by atoms with E-state index in [1.165, 1.54) is 24.9 Å². The number of nitrogens with zero attached hydrogens (tertiary/aromatic N) is 1. The number of rotatable bonds is 6. The van der Waals surface area contributed by atoms with Crippen molar-refractivity contribution in [3.8, 4) is 5.75 Å². The molecule has 1 heterocycles. The maximum absolute atomic E-state index is 5.79. The van der Waals surface area contributed by atoms with E-state index in [0.29, 0.717) is 6.04 Å². The largest absolute Gasteiger partial charge is 0.494 e. The molecule has 3 nitrogen and oxygen atoms in total. The highest BCUT2D eigenvalue weighted by Crippen LogP contribution is 2.20. The lowest BCUT2D eigenvalue weighted by atomic mass is 10.1. The standard InChI is InChI=1S/C15H24N2O/c1-13-4-6-15(7-5-13)18-12-8-14-3-2-10-17(14)11-9-16/h4-7,14H,2-3,8-12,16H2,1H3. The minimum absolute atomic E-state index is 0.666. The molecule has 2 rings (SSSR count). The van der Waals surface area contributed by atoms with E-state index in [4.69, 9.17) is 10.5 Å². The highest BCUT2D eigenvalue weighted by molar-refractivity contribution is 5.26. The summed E-state index contributed by atoms with van der Waals surface area (Å²) in [7, 11) is 0. The molecule has 0 radical (unpaired) electrons. The first-order valence-corrected chi connectivity index (χ1v) is 6.93. The van der Waals surface area contributed by atoms with Crippen LogP contribution >= 0.6 is 0 Å². The zero-order valence-corrected chi connectivity index (χ0v) is 11.3. The predicted octanol–water partition coefficient (Wildman–Crippen LogP) is 2.19. The van der Waals surface area contributed by atoms with Gasteiger partial charge in [0.15, 0.2) is 0 Å². The highest BCUT2D eigenvalue weighted by Gasteiger charge is 2.23. The average Bonchev–Trinajstić information content (AvgIpc) is 2.80. The van der Waals surface area contributed by atoms with Crippen molar-refractivity contribution in [1.29, 1.82) is 0 Å². The molecule has 0 bridgehead atoms. The summed E-state index contributed by atoms with van der Waals surface area (Å²) in [4.78, 5) is 2.50. The highest BCUT2D eigenvalue weighted by atomic mass is 16.5. The minimum Gasteiger partial charge on any atom is -0.494 e. The van der Waals surface area contributed by atoms with Gasteiger partial charge in [-0.25, -0.2) is 0 Å². The molecule has 0 saturated carbocycles. The lowest BCUT2D eigenvalue weighted by molar-refractivity contribution is 0.209. The van der Waals surface area contributed by atoms with Gasteiger partial charge in [-0.05, 0) is 44.9 Å². The first kappa shape index (κ1) is 13.4. The van der Waals surface area contributed by atoms with Crippen molar-refractivity contribution in [3.63, 3.8) is 0 Å².